The molecule has 1 amide bonds. The maximum atomic E-state index is 12.5. The van der Waals surface area contributed by atoms with Crippen LogP contribution >= 0.6 is 0 Å². The van der Waals surface area contributed by atoms with Crippen LogP contribution in [-0.4, -0.2) is 49.8 Å². The molecule has 1 aliphatic heterocycles. The van der Waals surface area contributed by atoms with E-state index in [9.17, 15) is 22.8 Å². The zero-order valence-electron chi connectivity index (χ0n) is 11.5. The van der Waals surface area contributed by atoms with Crippen molar-refractivity contribution in [3.8, 4) is 11.6 Å². The molecule has 3 heterocycles. The van der Waals surface area contributed by atoms with E-state index in [2.05, 4.69) is 19.6 Å². The minimum Gasteiger partial charge on any atom is -0.332 e. The molecular weight excluding hydrogens is 319 g/mol. The van der Waals surface area contributed by atoms with Gasteiger partial charge in [-0.2, -0.15) is 13.2 Å². The number of carbonyl (C=O) groups is 1. The summed E-state index contributed by atoms with van der Waals surface area (Å²) >= 11 is 0. The van der Waals surface area contributed by atoms with Crippen LogP contribution in [0.15, 0.2) is 27.8 Å². The quantitative estimate of drug-likeness (QED) is 0.820. The largest absolute Gasteiger partial charge is 0.442 e. The highest BCUT2D eigenvalue weighted by Crippen LogP contribution is 2.28. The number of nitrogens with zero attached hydrogens (tertiary/aromatic N) is 5. The van der Waals surface area contributed by atoms with Crippen molar-refractivity contribution in [3.63, 3.8) is 0 Å². The lowest BCUT2D eigenvalue weighted by Crippen LogP contribution is -2.37. The second kappa shape index (κ2) is 5.48. The van der Waals surface area contributed by atoms with Crippen LogP contribution in [0.4, 0.5) is 13.2 Å². The number of halogens is 3. The van der Waals surface area contributed by atoms with Crippen molar-refractivity contribution in [1.29, 1.82) is 0 Å². The van der Waals surface area contributed by atoms with Crippen LogP contribution in [0.5, 0.6) is 0 Å². The van der Waals surface area contributed by atoms with Gasteiger partial charge in [-0.15, -0.1) is 0 Å². The number of alkyl halides is 3. The van der Waals surface area contributed by atoms with E-state index in [-0.39, 0.29) is 24.6 Å². The van der Waals surface area contributed by atoms with Gasteiger partial charge in [-0.25, -0.2) is 19.3 Å². The van der Waals surface area contributed by atoms with Gasteiger partial charge >= 0.3 is 11.9 Å². The van der Waals surface area contributed by atoms with Gasteiger partial charge in [-0.05, 0) is 12.5 Å². The summed E-state index contributed by atoms with van der Waals surface area (Å²) in [5, 5.41) is 3.52. The van der Waals surface area contributed by atoms with Crippen LogP contribution in [0.2, 0.25) is 0 Å². The van der Waals surface area contributed by atoms with Crippen molar-refractivity contribution in [2.24, 2.45) is 0 Å². The predicted octanol–water partition coefficient (Wildman–Crippen LogP) is 0.629. The summed E-state index contributed by atoms with van der Waals surface area (Å²) in [5.41, 5.74) is 0. The first-order valence-corrected chi connectivity index (χ1v) is 6.58. The second-order valence-corrected chi connectivity index (χ2v) is 4.89. The molecule has 1 unspecified atom stereocenters. The SMILES string of the molecule is O=C1C(n2c(-c3ncccn3)noc2=O)CCN1CC(F)(F)F. The number of amides is 1. The standard InChI is InChI=1S/C12H10F3N5O3/c13-12(14,15)6-19-5-2-7(10(19)21)20-9(18-23-11(20)22)8-16-3-1-4-17-8/h1,3-4,7H,2,5-6H2. The molecule has 2 aromatic heterocycles. The molecule has 122 valence electrons. The van der Waals surface area contributed by atoms with E-state index >= 15 is 0 Å². The Bertz CT molecular complexity index is 770. The Morgan fingerprint density at radius 2 is 1.96 bits per heavy atom. The smallest absolute Gasteiger partial charge is 0.332 e. The summed E-state index contributed by atoms with van der Waals surface area (Å²) in [6.45, 7) is -1.48. The number of rotatable bonds is 3. The topological polar surface area (TPSA) is 94.1 Å². The van der Waals surface area contributed by atoms with Crippen molar-refractivity contribution >= 4 is 5.91 Å². The normalized spacial score (nSPS) is 18.7. The van der Waals surface area contributed by atoms with Gasteiger partial charge in [-0.3, -0.25) is 9.32 Å². The fourth-order valence-corrected chi connectivity index (χ4v) is 2.43. The minimum absolute atomic E-state index is 0.0376. The minimum atomic E-state index is -4.50. The van der Waals surface area contributed by atoms with Gasteiger partial charge in [0, 0.05) is 18.9 Å². The zero-order valence-corrected chi connectivity index (χ0v) is 11.5. The summed E-state index contributed by atoms with van der Waals surface area (Å²) < 4.78 is 42.8. The Balaban J connectivity index is 1.93. The third-order valence-corrected chi connectivity index (χ3v) is 3.35. The molecule has 0 radical (unpaired) electrons. The first kappa shape index (κ1) is 15.2. The van der Waals surface area contributed by atoms with Crippen LogP contribution in [0.3, 0.4) is 0 Å². The molecule has 1 aliphatic rings. The lowest BCUT2D eigenvalue weighted by molar-refractivity contribution is -0.158. The van der Waals surface area contributed by atoms with Crippen LogP contribution in [0, 0.1) is 0 Å². The number of carbonyl (C=O) groups excluding carboxylic acids is 1. The molecule has 11 heteroatoms. The molecule has 1 atom stereocenters. The van der Waals surface area contributed by atoms with Crippen LogP contribution in [-0.2, 0) is 4.79 Å². The van der Waals surface area contributed by atoms with Gasteiger partial charge in [0.05, 0.1) is 0 Å². The lowest BCUT2D eigenvalue weighted by Gasteiger charge is -2.18. The molecule has 1 fully saturated rings. The van der Waals surface area contributed by atoms with E-state index in [1.165, 1.54) is 18.5 Å². The Hall–Kier alpha value is -2.72. The average Bonchev–Trinajstić information content (AvgIpc) is 3.03. The highest BCUT2D eigenvalue weighted by molar-refractivity contribution is 5.83. The van der Waals surface area contributed by atoms with Crippen molar-refractivity contribution in [3.05, 3.63) is 29.0 Å². The Morgan fingerprint density at radius 1 is 1.26 bits per heavy atom. The van der Waals surface area contributed by atoms with E-state index < -0.39 is 30.4 Å². The van der Waals surface area contributed by atoms with Gasteiger partial charge in [0.25, 0.3) is 0 Å². The molecule has 0 saturated carbocycles. The summed E-state index contributed by atoms with van der Waals surface area (Å²) in [5.74, 6) is -1.81. The fourth-order valence-electron chi connectivity index (χ4n) is 2.43. The molecule has 0 aliphatic carbocycles. The van der Waals surface area contributed by atoms with Gasteiger partial charge in [0.2, 0.25) is 11.7 Å². The molecule has 2 aromatic rings. The monoisotopic (exact) mass is 329 g/mol. The second-order valence-electron chi connectivity index (χ2n) is 4.89. The Labute approximate surface area is 126 Å². The van der Waals surface area contributed by atoms with Gasteiger partial charge in [-0.1, -0.05) is 5.16 Å². The number of likely N-dealkylation sites (tertiary alicyclic amines) is 1. The summed E-state index contributed by atoms with van der Waals surface area (Å²) in [6.07, 6.45) is -1.66. The molecular formula is C12H10F3N5O3. The van der Waals surface area contributed by atoms with Crippen LogP contribution in [0.1, 0.15) is 12.5 Å². The molecule has 8 nitrogen and oxygen atoms in total. The lowest BCUT2D eigenvalue weighted by atomic mass is 10.2. The first-order chi connectivity index (χ1) is 10.9. The Morgan fingerprint density at radius 3 is 2.61 bits per heavy atom. The average molecular weight is 329 g/mol. The van der Waals surface area contributed by atoms with Gasteiger partial charge < -0.3 is 4.90 Å². The molecule has 23 heavy (non-hydrogen) atoms. The number of aromatic nitrogens is 4. The Kier molecular flexibility index (Phi) is 3.62. The zero-order chi connectivity index (χ0) is 16.6. The van der Waals surface area contributed by atoms with Crippen molar-refractivity contribution in [2.45, 2.75) is 18.6 Å². The van der Waals surface area contributed by atoms with E-state index in [4.69, 9.17) is 0 Å². The van der Waals surface area contributed by atoms with Crippen LogP contribution in [0.25, 0.3) is 11.6 Å². The molecule has 0 N–H and O–H groups in total. The third kappa shape index (κ3) is 2.94. The number of hydrogen-bond acceptors (Lipinski definition) is 6. The van der Waals surface area contributed by atoms with Crippen molar-refractivity contribution in [2.75, 3.05) is 13.1 Å². The molecule has 3 rings (SSSR count). The molecule has 0 aromatic carbocycles. The van der Waals surface area contributed by atoms with Crippen molar-refractivity contribution in [1.82, 2.24) is 24.6 Å². The summed E-state index contributed by atoms with van der Waals surface area (Å²) in [6, 6.07) is 0.424. The maximum Gasteiger partial charge on any atom is 0.442 e. The molecule has 0 bridgehead atoms. The van der Waals surface area contributed by atoms with Crippen LogP contribution < -0.4 is 5.76 Å². The highest BCUT2D eigenvalue weighted by atomic mass is 19.4. The predicted molar refractivity (Wildman–Crippen MR) is 68.1 cm³/mol. The van der Waals surface area contributed by atoms with Gasteiger partial charge in [0.15, 0.2) is 5.82 Å². The van der Waals surface area contributed by atoms with Crippen molar-refractivity contribution < 1.29 is 22.5 Å². The third-order valence-electron chi connectivity index (χ3n) is 3.35. The van der Waals surface area contributed by atoms with E-state index in [1.54, 1.807) is 0 Å². The summed E-state index contributed by atoms with van der Waals surface area (Å²) in [7, 11) is 0. The molecule has 1 saturated heterocycles. The van der Waals surface area contributed by atoms with E-state index in [0.29, 0.717) is 4.90 Å². The fraction of sp³-hybridized carbons (Fsp3) is 0.417. The summed E-state index contributed by atoms with van der Waals surface area (Å²) in [4.78, 5) is 32.4. The van der Waals surface area contributed by atoms with E-state index in [1.807, 2.05) is 0 Å². The first-order valence-electron chi connectivity index (χ1n) is 6.58. The molecule has 0 spiro atoms. The highest BCUT2D eigenvalue weighted by Gasteiger charge is 2.42. The van der Waals surface area contributed by atoms with E-state index in [0.717, 1.165) is 4.57 Å². The maximum absolute atomic E-state index is 12.5. The van der Waals surface area contributed by atoms with Gasteiger partial charge in [0.1, 0.15) is 12.6 Å². The number of hydrogen-bond donors (Lipinski definition) is 0.